The van der Waals surface area contributed by atoms with Crippen LogP contribution in [0.15, 0.2) is 72.9 Å². The van der Waals surface area contributed by atoms with E-state index in [2.05, 4.69) is 62.5 Å². The summed E-state index contributed by atoms with van der Waals surface area (Å²) in [6, 6.07) is 0. The Hall–Kier alpha value is -3.06. The predicted molar refractivity (Wildman–Crippen MR) is 261 cm³/mol. The molecule has 11 atom stereocenters. The van der Waals surface area contributed by atoms with Crippen molar-refractivity contribution in [1.29, 1.82) is 0 Å². The van der Waals surface area contributed by atoms with Gasteiger partial charge in [-0.3, -0.25) is 9.59 Å². The number of ether oxygens (including phenoxy) is 6. The van der Waals surface area contributed by atoms with Crippen LogP contribution in [0.4, 0.5) is 0 Å². The van der Waals surface area contributed by atoms with Crippen LogP contribution in [-0.4, -0.2) is 142 Å². The summed E-state index contributed by atoms with van der Waals surface area (Å²) >= 11 is 0. The lowest BCUT2D eigenvalue weighted by Gasteiger charge is -2.42. The Morgan fingerprint density at radius 2 is 0.956 bits per heavy atom. The molecule has 0 aromatic heterocycles. The van der Waals surface area contributed by atoms with Gasteiger partial charge in [0.25, 0.3) is 0 Å². The Kier molecular flexibility index (Phi) is 35.6. The van der Waals surface area contributed by atoms with E-state index in [4.69, 9.17) is 28.4 Å². The first-order valence-electron chi connectivity index (χ1n) is 25.6. The van der Waals surface area contributed by atoms with E-state index in [-0.39, 0.29) is 19.4 Å². The Morgan fingerprint density at radius 3 is 1.54 bits per heavy atom. The molecule has 7 N–H and O–H groups in total. The van der Waals surface area contributed by atoms with Gasteiger partial charge in [0.15, 0.2) is 18.7 Å². The summed E-state index contributed by atoms with van der Waals surface area (Å²) < 4.78 is 33.5. The number of aliphatic hydroxyl groups is 7. The molecule has 2 rings (SSSR count). The molecule has 2 aliphatic rings. The molecule has 0 aromatic carbocycles. The average Bonchev–Trinajstić information content (AvgIpc) is 3.33. The van der Waals surface area contributed by atoms with Gasteiger partial charge in [-0.1, -0.05) is 151 Å². The van der Waals surface area contributed by atoms with Gasteiger partial charge in [0.1, 0.15) is 55.4 Å². The lowest BCUT2D eigenvalue weighted by molar-refractivity contribution is -0.332. The van der Waals surface area contributed by atoms with Gasteiger partial charge in [-0.05, 0) is 64.2 Å². The Balaban J connectivity index is 1.80. The largest absolute Gasteiger partial charge is 0.462 e. The van der Waals surface area contributed by atoms with E-state index in [0.717, 1.165) is 83.5 Å². The first-order valence-corrected chi connectivity index (χ1v) is 25.6. The molecule has 2 fully saturated rings. The highest BCUT2D eigenvalue weighted by Gasteiger charge is 2.47. The second-order valence-electron chi connectivity index (χ2n) is 17.6. The molecule has 390 valence electrons. The maximum absolute atomic E-state index is 13.0. The maximum Gasteiger partial charge on any atom is 0.306 e. The van der Waals surface area contributed by atoms with Crippen LogP contribution in [0, 0.1) is 0 Å². The molecule has 2 saturated heterocycles. The number of hydrogen-bond donors (Lipinski definition) is 7. The molecule has 15 heteroatoms. The minimum atomic E-state index is -1.77. The van der Waals surface area contributed by atoms with Crippen molar-refractivity contribution in [2.45, 2.75) is 223 Å². The standard InChI is InChI=1S/C53H88O15/c1-3-5-7-9-11-13-15-17-18-19-20-21-22-24-25-27-29-31-33-35-44(55)63-38-41(66-45(56)36-34-32-30-28-26-23-16-14-12-10-8-6-4-2)39-64-52-51(62)49(60)47(58)43(68-52)40-65-53-50(61)48(59)46(57)42(37-54)67-53/h5-8,10-14,16-18,41-43,46-54,57-62H,3-4,9,15,19-40H2,1-2H3/b7-5+,8-6+,12-10+,13-11+,16-14+,18-17+/t41?,42-,43-,46+,47+,48?,49?,50?,51?,52-,53-/m1/s1. The summed E-state index contributed by atoms with van der Waals surface area (Å²) in [5.74, 6) is -0.961. The molecular weight excluding hydrogens is 877 g/mol. The third-order valence-electron chi connectivity index (χ3n) is 11.7. The third kappa shape index (κ3) is 27.4. The van der Waals surface area contributed by atoms with Crippen molar-refractivity contribution < 1.29 is 73.8 Å². The van der Waals surface area contributed by atoms with Crippen LogP contribution in [-0.2, 0) is 38.0 Å². The predicted octanol–water partition coefficient (Wildman–Crippen LogP) is 7.04. The molecule has 2 heterocycles. The van der Waals surface area contributed by atoms with Crippen LogP contribution >= 0.6 is 0 Å². The molecular formula is C53H88O15. The molecule has 0 aliphatic carbocycles. The smallest absolute Gasteiger partial charge is 0.306 e. The second kappa shape index (κ2) is 39.6. The Morgan fingerprint density at radius 1 is 0.485 bits per heavy atom. The summed E-state index contributed by atoms with van der Waals surface area (Å²) in [6.45, 7) is 2.30. The summed E-state index contributed by atoms with van der Waals surface area (Å²) in [6.07, 6.45) is 29.3. The molecule has 2 aliphatic heterocycles. The topological polar surface area (TPSA) is 231 Å². The van der Waals surface area contributed by atoms with Crippen molar-refractivity contribution in [3.63, 3.8) is 0 Å². The molecule has 0 spiro atoms. The molecule has 0 amide bonds. The number of aliphatic hydroxyl groups excluding tert-OH is 7. The van der Waals surface area contributed by atoms with Gasteiger partial charge in [-0.25, -0.2) is 0 Å². The van der Waals surface area contributed by atoms with Gasteiger partial charge >= 0.3 is 11.9 Å². The van der Waals surface area contributed by atoms with Gasteiger partial charge in [-0.2, -0.15) is 0 Å². The maximum atomic E-state index is 13.0. The van der Waals surface area contributed by atoms with Crippen LogP contribution < -0.4 is 0 Å². The van der Waals surface area contributed by atoms with E-state index in [1.807, 2.05) is 24.3 Å². The lowest BCUT2D eigenvalue weighted by Crippen LogP contribution is -2.61. The van der Waals surface area contributed by atoms with Gasteiger partial charge < -0.3 is 64.2 Å². The van der Waals surface area contributed by atoms with Crippen LogP contribution in [0.2, 0.25) is 0 Å². The van der Waals surface area contributed by atoms with E-state index >= 15 is 0 Å². The summed E-state index contributed by atoms with van der Waals surface area (Å²) in [5, 5.41) is 72.1. The highest BCUT2D eigenvalue weighted by atomic mass is 16.7. The van der Waals surface area contributed by atoms with E-state index in [1.165, 1.54) is 32.1 Å². The molecule has 0 radical (unpaired) electrons. The van der Waals surface area contributed by atoms with E-state index < -0.39 is 99.3 Å². The Bertz CT molecular complexity index is 1460. The summed E-state index contributed by atoms with van der Waals surface area (Å²) in [7, 11) is 0. The zero-order valence-corrected chi connectivity index (χ0v) is 41.1. The van der Waals surface area contributed by atoms with Crippen molar-refractivity contribution in [2.75, 3.05) is 26.4 Å². The second-order valence-corrected chi connectivity index (χ2v) is 17.6. The molecule has 0 saturated carbocycles. The van der Waals surface area contributed by atoms with E-state index in [1.54, 1.807) is 0 Å². The van der Waals surface area contributed by atoms with Crippen molar-refractivity contribution in [2.24, 2.45) is 0 Å². The van der Waals surface area contributed by atoms with E-state index in [9.17, 15) is 45.3 Å². The summed E-state index contributed by atoms with van der Waals surface area (Å²) in [4.78, 5) is 25.7. The number of carbonyl (C=O) groups is 2. The van der Waals surface area contributed by atoms with Gasteiger partial charge in [-0.15, -0.1) is 0 Å². The zero-order valence-electron chi connectivity index (χ0n) is 41.1. The third-order valence-corrected chi connectivity index (χ3v) is 11.7. The van der Waals surface area contributed by atoms with Gasteiger partial charge in [0, 0.05) is 12.8 Å². The minimum Gasteiger partial charge on any atom is -0.462 e. The van der Waals surface area contributed by atoms with Crippen LogP contribution in [0.3, 0.4) is 0 Å². The number of unbranched alkanes of at least 4 members (excludes halogenated alkanes) is 14. The molecule has 0 aromatic rings. The molecule has 0 bridgehead atoms. The van der Waals surface area contributed by atoms with Crippen LogP contribution in [0.25, 0.3) is 0 Å². The first kappa shape index (κ1) is 61.1. The number of allylic oxidation sites excluding steroid dienone is 12. The number of esters is 2. The monoisotopic (exact) mass is 965 g/mol. The van der Waals surface area contributed by atoms with Gasteiger partial charge in [0.05, 0.1) is 19.8 Å². The SMILES string of the molecule is CC/C=C/C=C/C=C/CCCCCCCC(=O)OC(COC(=O)CCCCCCCCCCC/C=C/C/C=C/C/C=C/CC)CO[C@@H]1O[C@H](CO[C@@H]2O[C@H](CO)[C@H](O)C(O)C2O)[C@H](O)C(O)C1O. The molecule has 68 heavy (non-hydrogen) atoms. The molecule has 15 nitrogen and oxygen atoms in total. The average molecular weight is 965 g/mol. The first-order chi connectivity index (χ1) is 33.0. The van der Waals surface area contributed by atoms with Crippen molar-refractivity contribution in [3.05, 3.63) is 72.9 Å². The number of hydrogen-bond acceptors (Lipinski definition) is 15. The minimum absolute atomic E-state index is 0.137. The van der Waals surface area contributed by atoms with Gasteiger partial charge in [0.2, 0.25) is 0 Å². The normalized spacial score (nSPS) is 26.4. The highest BCUT2D eigenvalue weighted by molar-refractivity contribution is 5.70. The number of carbonyl (C=O) groups excluding carboxylic acids is 2. The van der Waals surface area contributed by atoms with Crippen LogP contribution in [0.5, 0.6) is 0 Å². The Labute approximate surface area is 406 Å². The van der Waals surface area contributed by atoms with Crippen molar-refractivity contribution >= 4 is 11.9 Å². The zero-order chi connectivity index (χ0) is 49.6. The highest BCUT2D eigenvalue weighted by Crippen LogP contribution is 2.26. The number of rotatable bonds is 38. The van der Waals surface area contributed by atoms with E-state index in [0.29, 0.717) is 12.8 Å². The fraction of sp³-hybridized carbons (Fsp3) is 0.736. The fourth-order valence-electron chi connectivity index (χ4n) is 7.58. The quantitative estimate of drug-likeness (QED) is 0.0142. The lowest BCUT2D eigenvalue weighted by atomic mass is 9.98. The molecule has 5 unspecified atom stereocenters. The summed E-state index contributed by atoms with van der Waals surface area (Å²) in [5.41, 5.74) is 0. The van der Waals surface area contributed by atoms with Crippen LogP contribution in [0.1, 0.15) is 155 Å². The fourth-order valence-corrected chi connectivity index (χ4v) is 7.58. The van der Waals surface area contributed by atoms with Crippen molar-refractivity contribution in [1.82, 2.24) is 0 Å². The van der Waals surface area contributed by atoms with Crippen molar-refractivity contribution in [3.8, 4) is 0 Å².